The highest BCUT2D eigenvalue weighted by molar-refractivity contribution is 5.82. The van der Waals surface area contributed by atoms with E-state index >= 15 is 0 Å². The second-order valence-electron chi connectivity index (χ2n) is 5.86. The number of carbonyl (C=O) groups excluding carboxylic acids is 1. The van der Waals surface area contributed by atoms with E-state index in [1.807, 2.05) is 13.8 Å². The number of methoxy groups -OCH3 is 1. The van der Waals surface area contributed by atoms with E-state index in [9.17, 15) is 9.59 Å². The van der Waals surface area contributed by atoms with Crippen LogP contribution in [0.4, 0.5) is 4.79 Å². The predicted octanol–water partition coefficient (Wildman–Crippen LogP) is 1.55. The summed E-state index contributed by atoms with van der Waals surface area (Å²) in [6.45, 7) is 5.93. The Labute approximate surface area is 120 Å². The van der Waals surface area contributed by atoms with Crippen LogP contribution >= 0.6 is 0 Å². The van der Waals surface area contributed by atoms with E-state index in [1.54, 1.807) is 12.0 Å². The molecule has 0 saturated carbocycles. The molecule has 1 aliphatic heterocycles. The first-order chi connectivity index (χ1) is 9.43. The Morgan fingerprint density at radius 2 is 1.95 bits per heavy atom. The molecular weight excluding hydrogens is 260 g/mol. The van der Waals surface area contributed by atoms with Gasteiger partial charge in [-0.25, -0.2) is 9.59 Å². The summed E-state index contributed by atoms with van der Waals surface area (Å²) in [6.07, 6.45) is 2.26. The molecule has 2 N–H and O–H groups in total. The molecule has 0 bridgehead atoms. The van der Waals surface area contributed by atoms with Crippen molar-refractivity contribution in [2.24, 2.45) is 11.8 Å². The number of piperidine rings is 1. The second-order valence-corrected chi connectivity index (χ2v) is 5.86. The summed E-state index contributed by atoms with van der Waals surface area (Å²) in [5.41, 5.74) is 0. The monoisotopic (exact) mass is 286 g/mol. The molecule has 2 amide bonds. The summed E-state index contributed by atoms with van der Waals surface area (Å²) in [6, 6.07) is -1.08. The molecule has 1 fully saturated rings. The summed E-state index contributed by atoms with van der Waals surface area (Å²) in [4.78, 5) is 24.9. The number of amides is 2. The van der Waals surface area contributed by atoms with Crippen molar-refractivity contribution in [2.45, 2.75) is 39.2 Å². The molecule has 0 aliphatic carbocycles. The van der Waals surface area contributed by atoms with E-state index in [-0.39, 0.29) is 11.9 Å². The normalized spacial score (nSPS) is 18.1. The molecule has 1 heterocycles. The third-order valence-electron chi connectivity index (χ3n) is 3.61. The maximum absolute atomic E-state index is 12.1. The lowest BCUT2D eigenvalue weighted by molar-refractivity contribution is -0.139. The molecule has 0 radical (unpaired) electrons. The highest BCUT2D eigenvalue weighted by atomic mass is 16.5. The van der Waals surface area contributed by atoms with Crippen molar-refractivity contribution in [1.82, 2.24) is 10.2 Å². The SMILES string of the molecule is COCC1CCN(C(=O)N[C@H](CC(C)C)C(=O)O)CC1. The molecule has 1 rings (SSSR count). The van der Waals surface area contributed by atoms with Gasteiger partial charge in [0.05, 0.1) is 0 Å². The first kappa shape index (κ1) is 16.8. The lowest BCUT2D eigenvalue weighted by Gasteiger charge is -2.32. The van der Waals surface area contributed by atoms with Crippen LogP contribution in [0.2, 0.25) is 0 Å². The summed E-state index contributed by atoms with van der Waals surface area (Å²) in [5.74, 6) is -0.250. The number of nitrogens with one attached hydrogen (secondary N) is 1. The van der Waals surface area contributed by atoms with Crippen LogP contribution in [0.15, 0.2) is 0 Å². The second kappa shape index (κ2) is 8.09. The van der Waals surface area contributed by atoms with Crippen molar-refractivity contribution >= 4 is 12.0 Å². The van der Waals surface area contributed by atoms with Crippen LogP contribution < -0.4 is 5.32 Å². The van der Waals surface area contributed by atoms with Crippen molar-refractivity contribution in [3.8, 4) is 0 Å². The smallest absolute Gasteiger partial charge is 0.326 e. The van der Waals surface area contributed by atoms with Gasteiger partial charge in [-0.2, -0.15) is 0 Å². The van der Waals surface area contributed by atoms with Gasteiger partial charge in [0.2, 0.25) is 0 Å². The van der Waals surface area contributed by atoms with Gasteiger partial charge >= 0.3 is 12.0 Å². The van der Waals surface area contributed by atoms with Crippen molar-refractivity contribution in [3.05, 3.63) is 0 Å². The van der Waals surface area contributed by atoms with Crippen LogP contribution in [0.3, 0.4) is 0 Å². The number of hydrogen-bond donors (Lipinski definition) is 2. The minimum absolute atomic E-state index is 0.226. The number of aliphatic carboxylic acids is 1. The van der Waals surface area contributed by atoms with Gasteiger partial charge in [0.1, 0.15) is 6.04 Å². The molecule has 1 saturated heterocycles. The standard InChI is InChI=1S/C14H26N2O4/c1-10(2)8-12(13(17)18)15-14(19)16-6-4-11(5-7-16)9-20-3/h10-12H,4-9H2,1-3H3,(H,15,19)(H,17,18)/t12-/m1/s1. The fourth-order valence-corrected chi connectivity index (χ4v) is 2.47. The number of carboxylic acids is 1. The van der Waals surface area contributed by atoms with Gasteiger partial charge in [-0.3, -0.25) is 0 Å². The average Bonchev–Trinajstić information content (AvgIpc) is 2.38. The summed E-state index contributed by atoms with van der Waals surface area (Å²) >= 11 is 0. The number of hydrogen-bond acceptors (Lipinski definition) is 3. The minimum Gasteiger partial charge on any atom is -0.480 e. The van der Waals surface area contributed by atoms with Crippen LogP contribution in [0.5, 0.6) is 0 Å². The molecule has 116 valence electrons. The Hall–Kier alpha value is -1.30. The topological polar surface area (TPSA) is 78.9 Å². The number of likely N-dealkylation sites (tertiary alicyclic amines) is 1. The van der Waals surface area contributed by atoms with Gasteiger partial charge < -0.3 is 20.1 Å². The average molecular weight is 286 g/mol. The molecule has 1 aliphatic rings. The molecule has 6 nitrogen and oxygen atoms in total. The highest BCUT2D eigenvalue weighted by Crippen LogP contribution is 2.17. The van der Waals surface area contributed by atoms with E-state index in [4.69, 9.17) is 9.84 Å². The first-order valence-electron chi connectivity index (χ1n) is 7.21. The Kier molecular flexibility index (Phi) is 6.78. The molecule has 20 heavy (non-hydrogen) atoms. The zero-order valence-electron chi connectivity index (χ0n) is 12.6. The van der Waals surface area contributed by atoms with Crippen molar-refractivity contribution in [1.29, 1.82) is 0 Å². The van der Waals surface area contributed by atoms with E-state index in [1.165, 1.54) is 0 Å². The molecule has 0 spiro atoms. The number of carbonyl (C=O) groups is 2. The maximum atomic E-state index is 12.1. The fraction of sp³-hybridized carbons (Fsp3) is 0.857. The van der Waals surface area contributed by atoms with Gasteiger partial charge in [-0.15, -0.1) is 0 Å². The molecular formula is C14H26N2O4. The van der Waals surface area contributed by atoms with Crippen molar-refractivity contribution < 1.29 is 19.4 Å². The Morgan fingerprint density at radius 1 is 1.35 bits per heavy atom. The number of ether oxygens (including phenoxy) is 1. The number of carboxylic acid groups (broad SMARTS) is 1. The highest BCUT2D eigenvalue weighted by Gasteiger charge is 2.27. The summed E-state index contributed by atoms with van der Waals surface area (Å²) < 4.78 is 5.12. The molecule has 0 unspecified atom stereocenters. The molecule has 0 aromatic heterocycles. The molecule has 0 aromatic carbocycles. The summed E-state index contributed by atoms with van der Waals surface area (Å²) in [5, 5.41) is 11.8. The van der Waals surface area contributed by atoms with Crippen LogP contribution in [-0.4, -0.2) is 54.9 Å². The molecule has 1 atom stereocenters. The quantitative estimate of drug-likeness (QED) is 0.776. The lowest BCUT2D eigenvalue weighted by atomic mass is 9.98. The number of urea groups is 1. The van der Waals surface area contributed by atoms with Crippen molar-refractivity contribution in [3.63, 3.8) is 0 Å². The zero-order chi connectivity index (χ0) is 15.1. The van der Waals surface area contributed by atoms with Gasteiger partial charge in [0.25, 0.3) is 0 Å². The lowest BCUT2D eigenvalue weighted by Crippen LogP contribution is -2.50. The van der Waals surface area contributed by atoms with Gasteiger partial charge in [0.15, 0.2) is 0 Å². The van der Waals surface area contributed by atoms with E-state index in [0.29, 0.717) is 25.4 Å². The van der Waals surface area contributed by atoms with E-state index < -0.39 is 12.0 Å². The summed E-state index contributed by atoms with van der Waals surface area (Å²) in [7, 11) is 1.68. The van der Waals surface area contributed by atoms with Crippen LogP contribution in [0.25, 0.3) is 0 Å². The zero-order valence-corrected chi connectivity index (χ0v) is 12.6. The third kappa shape index (κ3) is 5.36. The Bertz CT molecular complexity index is 325. The van der Waals surface area contributed by atoms with Gasteiger partial charge in [-0.1, -0.05) is 13.8 Å². The Balaban J connectivity index is 2.43. The van der Waals surface area contributed by atoms with E-state index in [2.05, 4.69) is 5.32 Å². The fourth-order valence-electron chi connectivity index (χ4n) is 2.47. The number of rotatable bonds is 6. The van der Waals surface area contributed by atoms with Crippen LogP contribution in [0.1, 0.15) is 33.1 Å². The molecule has 6 heteroatoms. The third-order valence-corrected chi connectivity index (χ3v) is 3.61. The molecule has 0 aromatic rings. The van der Waals surface area contributed by atoms with Crippen LogP contribution in [-0.2, 0) is 9.53 Å². The minimum atomic E-state index is -0.971. The largest absolute Gasteiger partial charge is 0.480 e. The number of nitrogens with zero attached hydrogens (tertiary/aromatic N) is 1. The Morgan fingerprint density at radius 3 is 2.40 bits per heavy atom. The van der Waals surface area contributed by atoms with Gasteiger partial charge in [0, 0.05) is 26.8 Å². The predicted molar refractivity (Wildman–Crippen MR) is 75.6 cm³/mol. The maximum Gasteiger partial charge on any atom is 0.326 e. The van der Waals surface area contributed by atoms with Gasteiger partial charge in [-0.05, 0) is 31.1 Å². The van der Waals surface area contributed by atoms with Crippen LogP contribution in [0, 0.1) is 11.8 Å². The van der Waals surface area contributed by atoms with E-state index in [0.717, 1.165) is 19.4 Å². The van der Waals surface area contributed by atoms with Crippen molar-refractivity contribution in [2.75, 3.05) is 26.8 Å². The first-order valence-corrected chi connectivity index (χ1v) is 7.21.